The predicted octanol–water partition coefficient (Wildman–Crippen LogP) is 2.18. The Balaban J connectivity index is 2.34. The van der Waals surface area contributed by atoms with Crippen LogP contribution in [0.15, 0.2) is 41.4 Å². The number of aromatic nitrogens is 1. The lowest BCUT2D eigenvalue weighted by Gasteiger charge is -2.16. The van der Waals surface area contributed by atoms with E-state index in [2.05, 4.69) is 9.71 Å². The van der Waals surface area contributed by atoms with Crippen molar-refractivity contribution < 1.29 is 8.42 Å². The number of sulfonamides is 1. The minimum Gasteiger partial charge on any atom is -0.383 e. The number of rotatable bonds is 4. The van der Waals surface area contributed by atoms with Crippen LogP contribution < -0.4 is 15.4 Å². The van der Waals surface area contributed by atoms with E-state index in [-0.39, 0.29) is 10.7 Å². The summed E-state index contributed by atoms with van der Waals surface area (Å²) < 4.78 is 27.0. The summed E-state index contributed by atoms with van der Waals surface area (Å²) in [6.07, 6.45) is 1.43. The zero-order valence-electron chi connectivity index (χ0n) is 11.5. The van der Waals surface area contributed by atoms with Crippen LogP contribution in [0, 0.1) is 0 Å². The van der Waals surface area contributed by atoms with E-state index < -0.39 is 10.0 Å². The Hall–Kier alpha value is -1.99. The first-order valence-corrected chi connectivity index (χ1v) is 7.87. The highest BCUT2D eigenvalue weighted by Gasteiger charge is 2.18. The summed E-state index contributed by atoms with van der Waals surface area (Å²) in [6, 6.07) is 7.80. The van der Waals surface area contributed by atoms with Gasteiger partial charge in [-0.25, -0.2) is 13.4 Å². The maximum Gasteiger partial charge on any atom is 0.265 e. The SMILES string of the molecule is CN(C)c1ccc(NS(=O)(=O)c2cccnc2N)cc1Cl. The molecule has 2 aromatic rings. The minimum absolute atomic E-state index is 0.0546. The third kappa shape index (κ3) is 3.37. The minimum atomic E-state index is -3.80. The topological polar surface area (TPSA) is 88.3 Å². The number of nitrogen functional groups attached to an aromatic ring is 1. The van der Waals surface area contributed by atoms with Crippen molar-refractivity contribution >= 4 is 38.8 Å². The predicted molar refractivity (Wildman–Crippen MR) is 85.2 cm³/mol. The van der Waals surface area contributed by atoms with Crippen molar-refractivity contribution in [3.8, 4) is 0 Å². The third-order valence-electron chi connectivity index (χ3n) is 2.77. The molecule has 0 spiro atoms. The highest BCUT2D eigenvalue weighted by molar-refractivity contribution is 7.92. The van der Waals surface area contributed by atoms with Crippen LogP contribution in [0.5, 0.6) is 0 Å². The van der Waals surface area contributed by atoms with Crippen molar-refractivity contribution in [2.45, 2.75) is 4.90 Å². The molecule has 0 aliphatic carbocycles. The molecule has 0 amide bonds. The van der Waals surface area contributed by atoms with E-state index in [0.717, 1.165) is 5.69 Å². The second kappa shape index (κ2) is 5.79. The van der Waals surface area contributed by atoms with Crippen LogP contribution >= 0.6 is 11.6 Å². The monoisotopic (exact) mass is 326 g/mol. The molecule has 3 N–H and O–H groups in total. The highest BCUT2D eigenvalue weighted by atomic mass is 35.5. The Morgan fingerprint density at radius 2 is 2.00 bits per heavy atom. The molecule has 0 fully saturated rings. The number of nitrogens with one attached hydrogen (secondary N) is 1. The fourth-order valence-electron chi connectivity index (χ4n) is 1.77. The Morgan fingerprint density at radius 1 is 1.29 bits per heavy atom. The lowest BCUT2D eigenvalue weighted by molar-refractivity contribution is 0.601. The Kier molecular flexibility index (Phi) is 4.24. The molecule has 2 rings (SSSR count). The number of benzene rings is 1. The van der Waals surface area contributed by atoms with Gasteiger partial charge in [-0.2, -0.15) is 0 Å². The molecule has 1 aromatic heterocycles. The molecule has 112 valence electrons. The van der Waals surface area contributed by atoms with Crippen LogP contribution in [0.2, 0.25) is 5.02 Å². The Bertz CT molecular complexity index is 763. The average molecular weight is 327 g/mol. The van der Waals surface area contributed by atoms with E-state index in [9.17, 15) is 8.42 Å². The fourth-order valence-corrected chi connectivity index (χ4v) is 3.26. The van der Waals surface area contributed by atoms with Gasteiger partial charge in [0, 0.05) is 20.3 Å². The van der Waals surface area contributed by atoms with Gasteiger partial charge >= 0.3 is 0 Å². The van der Waals surface area contributed by atoms with Gasteiger partial charge in [-0.1, -0.05) is 11.6 Å². The molecule has 0 saturated carbocycles. The highest BCUT2D eigenvalue weighted by Crippen LogP contribution is 2.29. The van der Waals surface area contributed by atoms with Gasteiger partial charge in [0.1, 0.15) is 10.7 Å². The van der Waals surface area contributed by atoms with E-state index in [4.69, 9.17) is 17.3 Å². The van der Waals surface area contributed by atoms with Crippen LogP contribution in [-0.2, 0) is 10.0 Å². The zero-order valence-corrected chi connectivity index (χ0v) is 13.1. The smallest absolute Gasteiger partial charge is 0.265 e. The van der Waals surface area contributed by atoms with Crippen LogP contribution in [0.1, 0.15) is 0 Å². The van der Waals surface area contributed by atoms with Gasteiger partial charge in [0.25, 0.3) is 10.0 Å². The molecule has 0 unspecified atom stereocenters. The second-order valence-corrected chi connectivity index (χ2v) is 6.61. The summed E-state index contributed by atoms with van der Waals surface area (Å²) >= 11 is 6.12. The van der Waals surface area contributed by atoms with Gasteiger partial charge in [-0.05, 0) is 30.3 Å². The maximum absolute atomic E-state index is 12.3. The molecule has 0 bridgehead atoms. The molecule has 21 heavy (non-hydrogen) atoms. The molecule has 1 aromatic carbocycles. The van der Waals surface area contributed by atoms with Gasteiger partial charge in [0.15, 0.2) is 0 Å². The van der Waals surface area contributed by atoms with Crippen molar-refractivity contribution in [2.75, 3.05) is 29.5 Å². The Morgan fingerprint density at radius 3 is 2.57 bits per heavy atom. The second-order valence-electron chi connectivity index (χ2n) is 4.55. The first-order valence-electron chi connectivity index (χ1n) is 6.01. The number of hydrogen-bond donors (Lipinski definition) is 2. The van der Waals surface area contributed by atoms with Crippen molar-refractivity contribution in [2.24, 2.45) is 0 Å². The van der Waals surface area contributed by atoms with E-state index in [1.165, 1.54) is 18.3 Å². The molecule has 8 heteroatoms. The van der Waals surface area contributed by atoms with E-state index in [1.54, 1.807) is 18.2 Å². The number of pyridine rings is 1. The summed E-state index contributed by atoms with van der Waals surface area (Å²) in [7, 11) is -0.106. The van der Waals surface area contributed by atoms with Gasteiger partial charge in [-0.3, -0.25) is 4.72 Å². The van der Waals surface area contributed by atoms with E-state index in [1.807, 2.05) is 19.0 Å². The third-order valence-corrected chi connectivity index (χ3v) is 4.50. The Labute approximate surface area is 128 Å². The van der Waals surface area contributed by atoms with Gasteiger partial charge < -0.3 is 10.6 Å². The first-order chi connectivity index (χ1) is 9.81. The largest absolute Gasteiger partial charge is 0.383 e. The van der Waals surface area contributed by atoms with Crippen LogP contribution in [0.25, 0.3) is 0 Å². The molecular formula is C13H15ClN4O2S. The number of hydrogen-bond acceptors (Lipinski definition) is 5. The number of nitrogens with two attached hydrogens (primary N) is 1. The summed E-state index contributed by atoms with van der Waals surface area (Å²) in [5, 5.41) is 0.444. The van der Waals surface area contributed by atoms with Crippen LogP contribution in [-0.4, -0.2) is 27.5 Å². The normalized spacial score (nSPS) is 11.2. The number of halogens is 1. The van der Waals surface area contributed by atoms with Crippen molar-refractivity contribution in [3.63, 3.8) is 0 Å². The zero-order chi connectivity index (χ0) is 15.6. The molecule has 0 radical (unpaired) electrons. The van der Waals surface area contributed by atoms with Crippen LogP contribution in [0.4, 0.5) is 17.2 Å². The van der Waals surface area contributed by atoms with Gasteiger partial charge in [-0.15, -0.1) is 0 Å². The van der Waals surface area contributed by atoms with Gasteiger partial charge in [0.05, 0.1) is 16.4 Å². The van der Waals surface area contributed by atoms with Crippen molar-refractivity contribution in [1.82, 2.24) is 4.98 Å². The molecule has 6 nitrogen and oxygen atoms in total. The molecule has 1 heterocycles. The molecule has 0 aliphatic heterocycles. The average Bonchev–Trinajstić information content (AvgIpc) is 2.38. The maximum atomic E-state index is 12.3. The summed E-state index contributed by atoms with van der Waals surface area (Å²) in [4.78, 5) is 5.53. The van der Waals surface area contributed by atoms with Crippen molar-refractivity contribution in [3.05, 3.63) is 41.6 Å². The number of nitrogens with zero attached hydrogens (tertiary/aromatic N) is 2. The molecule has 0 atom stereocenters. The lowest BCUT2D eigenvalue weighted by Crippen LogP contribution is -2.15. The number of anilines is 3. The summed E-state index contributed by atoms with van der Waals surface area (Å²) in [5.41, 5.74) is 6.74. The van der Waals surface area contributed by atoms with Crippen molar-refractivity contribution in [1.29, 1.82) is 0 Å². The quantitative estimate of drug-likeness (QED) is 0.899. The van der Waals surface area contributed by atoms with Gasteiger partial charge in [0.2, 0.25) is 0 Å². The van der Waals surface area contributed by atoms with Crippen LogP contribution in [0.3, 0.4) is 0 Å². The molecule has 0 aliphatic rings. The molecular weight excluding hydrogens is 312 g/mol. The summed E-state index contributed by atoms with van der Waals surface area (Å²) in [5.74, 6) is -0.0546. The lowest BCUT2D eigenvalue weighted by atomic mass is 10.3. The van der Waals surface area contributed by atoms with E-state index >= 15 is 0 Å². The van der Waals surface area contributed by atoms with E-state index in [0.29, 0.717) is 10.7 Å². The summed E-state index contributed by atoms with van der Waals surface area (Å²) in [6.45, 7) is 0. The first kappa shape index (κ1) is 15.4. The fraction of sp³-hybridized carbons (Fsp3) is 0.154. The standard InChI is InChI=1S/C13H15ClN4O2S/c1-18(2)11-6-5-9(8-10(11)14)17-21(19,20)12-4-3-7-16-13(12)15/h3-8,17H,1-2H3,(H2,15,16). The molecule has 0 saturated heterocycles.